The van der Waals surface area contributed by atoms with Gasteiger partial charge in [0.05, 0.1) is 19.9 Å². The number of nitrogens with two attached hydrogens (primary N) is 2. The van der Waals surface area contributed by atoms with Crippen molar-refractivity contribution in [2.75, 3.05) is 13.7 Å². The molecule has 0 aliphatic heterocycles. The minimum Gasteiger partial charge on any atom is -0.496 e. The van der Waals surface area contributed by atoms with Gasteiger partial charge in [0.25, 0.3) is 0 Å². The largest absolute Gasteiger partial charge is 0.496 e. The number of benzene rings is 1. The van der Waals surface area contributed by atoms with Crippen LogP contribution in [0.15, 0.2) is 28.4 Å². The number of ether oxygens (including phenoxy) is 2. The maximum absolute atomic E-state index is 5.37. The minimum absolute atomic E-state index is 0.0747. The molecule has 0 heterocycles. The first-order valence-corrected chi connectivity index (χ1v) is 5.54. The van der Waals surface area contributed by atoms with Gasteiger partial charge < -0.3 is 20.9 Å². The van der Waals surface area contributed by atoms with Crippen molar-refractivity contribution in [3.63, 3.8) is 0 Å². The lowest BCUT2D eigenvalue weighted by molar-refractivity contribution is 0.132. The SMILES string of the molecule is CCOCc1cc(C=NN=C(N)N)ccc1OC. The molecule has 0 saturated heterocycles. The van der Waals surface area contributed by atoms with Crippen LogP contribution >= 0.6 is 0 Å². The quantitative estimate of drug-likeness (QED) is 0.444. The second kappa shape index (κ2) is 7.29. The Morgan fingerprint density at radius 3 is 2.78 bits per heavy atom. The number of hydrogen-bond acceptors (Lipinski definition) is 4. The van der Waals surface area contributed by atoms with Crippen molar-refractivity contribution in [2.24, 2.45) is 21.7 Å². The summed E-state index contributed by atoms with van der Waals surface area (Å²) >= 11 is 0. The molecule has 0 spiro atoms. The molecule has 1 aromatic carbocycles. The fourth-order valence-corrected chi connectivity index (χ4v) is 1.37. The summed E-state index contributed by atoms with van der Waals surface area (Å²) in [7, 11) is 1.62. The number of methoxy groups -OCH3 is 1. The highest BCUT2D eigenvalue weighted by molar-refractivity contribution is 5.82. The Labute approximate surface area is 106 Å². The molecule has 0 aromatic heterocycles. The average Bonchev–Trinajstić information content (AvgIpc) is 2.36. The standard InChI is InChI=1S/C12H18N4O2/c1-3-18-8-10-6-9(4-5-11(10)17-2)7-15-16-12(13)14/h4-7H,3,8H2,1-2H3,(H4,13,14,16). The molecule has 1 aromatic rings. The molecule has 0 radical (unpaired) electrons. The van der Waals surface area contributed by atoms with Crippen LogP contribution in [0.3, 0.4) is 0 Å². The lowest BCUT2D eigenvalue weighted by Crippen LogP contribution is -2.21. The smallest absolute Gasteiger partial charge is 0.211 e. The van der Waals surface area contributed by atoms with Crippen LogP contribution in [0.25, 0.3) is 0 Å². The molecule has 0 atom stereocenters. The van der Waals surface area contributed by atoms with Crippen molar-refractivity contribution in [1.82, 2.24) is 0 Å². The van der Waals surface area contributed by atoms with Crippen LogP contribution in [0.5, 0.6) is 5.75 Å². The van der Waals surface area contributed by atoms with Crippen LogP contribution in [-0.2, 0) is 11.3 Å². The first-order valence-electron chi connectivity index (χ1n) is 5.54. The number of hydrogen-bond donors (Lipinski definition) is 2. The van der Waals surface area contributed by atoms with Crippen molar-refractivity contribution in [3.8, 4) is 5.75 Å². The van der Waals surface area contributed by atoms with Crippen molar-refractivity contribution < 1.29 is 9.47 Å². The molecule has 4 N–H and O–H groups in total. The second-order valence-corrected chi connectivity index (χ2v) is 3.48. The number of guanidine groups is 1. The lowest BCUT2D eigenvalue weighted by Gasteiger charge is -2.09. The summed E-state index contributed by atoms with van der Waals surface area (Å²) in [6.45, 7) is 3.08. The lowest BCUT2D eigenvalue weighted by atomic mass is 10.1. The topological polar surface area (TPSA) is 95.2 Å². The van der Waals surface area contributed by atoms with Gasteiger partial charge >= 0.3 is 0 Å². The second-order valence-electron chi connectivity index (χ2n) is 3.48. The van der Waals surface area contributed by atoms with E-state index in [0.29, 0.717) is 13.2 Å². The predicted octanol–water partition coefficient (Wildman–Crippen LogP) is 0.839. The van der Waals surface area contributed by atoms with Crippen molar-refractivity contribution in [3.05, 3.63) is 29.3 Å². The van der Waals surface area contributed by atoms with Crippen LogP contribution in [-0.4, -0.2) is 25.9 Å². The van der Waals surface area contributed by atoms with E-state index in [-0.39, 0.29) is 5.96 Å². The normalized spacial score (nSPS) is 10.6. The Hall–Kier alpha value is -2.08. The summed E-state index contributed by atoms with van der Waals surface area (Å²) in [6.07, 6.45) is 1.56. The van der Waals surface area contributed by atoms with Gasteiger partial charge in [-0.15, -0.1) is 5.10 Å². The summed E-state index contributed by atoms with van der Waals surface area (Å²) in [4.78, 5) is 0. The molecule has 0 aliphatic rings. The third-order valence-corrected chi connectivity index (χ3v) is 2.15. The highest BCUT2D eigenvalue weighted by Crippen LogP contribution is 2.20. The Morgan fingerprint density at radius 1 is 1.39 bits per heavy atom. The molecule has 0 unspecified atom stereocenters. The summed E-state index contributed by atoms with van der Waals surface area (Å²) < 4.78 is 10.6. The van der Waals surface area contributed by atoms with E-state index in [9.17, 15) is 0 Å². The third-order valence-electron chi connectivity index (χ3n) is 2.15. The molecular weight excluding hydrogens is 232 g/mol. The van der Waals surface area contributed by atoms with Gasteiger partial charge in [-0.1, -0.05) is 0 Å². The van der Waals surface area contributed by atoms with Gasteiger partial charge in [0.1, 0.15) is 5.75 Å². The molecular formula is C12H18N4O2. The number of rotatable bonds is 6. The Kier molecular flexibility index (Phi) is 5.66. The van der Waals surface area contributed by atoms with Gasteiger partial charge in [-0.25, -0.2) is 0 Å². The summed E-state index contributed by atoms with van der Waals surface area (Å²) in [5.74, 6) is 0.705. The highest BCUT2D eigenvalue weighted by atomic mass is 16.5. The zero-order valence-electron chi connectivity index (χ0n) is 10.6. The molecule has 0 bridgehead atoms. The summed E-state index contributed by atoms with van der Waals surface area (Å²) in [5.41, 5.74) is 12.2. The molecule has 0 saturated carbocycles. The van der Waals surface area contributed by atoms with Crippen LogP contribution in [0.1, 0.15) is 18.1 Å². The van der Waals surface area contributed by atoms with Crippen LogP contribution in [0, 0.1) is 0 Å². The van der Waals surface area contributed by atoms with Crippen molar-refractivity contribution >= 4 is 12.2 Å². The maximum Gasteiger partial charge on any atom is 0.211 e. The first-order chi connectivity index (χ1) is 8.67. The minimum atomic E-state index is -0.0747. The van der Waals surface area contributed by atoms with Gasteiger partial charge in [0, 0.05) is 12.2 Å². The van der Waals surface area contributed by atoms with Gasteiger partial charge in [-0.2, -0.15) is 5.10 Å². The van der Waals surface area contributed by atoms with Crippen LogP contribution in [0.4, 0.5) is 0 Å². The van der Waals surface area contributed by atoms with E-state index in [2.05, 4.69) is 10.2 Å². The zero-order chi connectivity index (χ0) is 13.4. The van der Waals surface area contributed by atoms with E-state index in [1.807, 2.05) is 25.1 Å². The highest BCUT2D eigenvalue weighted by Gasteiger charge is 2.03. The monoisotopic (exact) mass is 250 g/mol. The summed E-state index contributed by atoms with van der Waals surface area (Å²) in [6, 6.07) is 5.63. The molecule has 0 fully saturated rings. The molecule has 6 heteroatoms. The first kappa shape index (κ1) is 14.0. The molecule has 6 nitrogen and oxygen atoms in total. The van der Waals surface area contributed by atoms with E-state index >= 15 is 0 Å². The van der Waals surface area contributed by atoms with Gasteiger partial charge in [-0.3, -0.25) is 0 Å². The molecule has 1 rings (SSSR count). The average molecular weight is 250 g/mol. The zero-order valence-corrected chi connectivity index (χ0v) is 10.6. The third kappa shape index (κ3) is 4.42. The Bertz CT molecular complexity index is 440. The maximum atomic E-state index is 5.37. The fourth-order valence-electron chi connectivity index (χ4n) is 1.37. The predicted molar refractivity (Wildman–Crippen MR) is 71.7 cm³/mol. The molecule has 0 aliphatic carbocycles. The van der Waals surface area contributed by atoms with Gasteiger partial charge in [-0.05, 0) is 30.7 Å². The van der Waals surface area contributed by atoms with E-state index < -0.39 is 0 Å². The Balaban J connectivity index is 2.88. The van der Waals surface area contributed by atoms with Gasteiger partial charge in [0.15, 0.2) is 0 Å². The molecule has 18 heavy (non-hydrogen) atoms. The van der Waals surface area contributed by atoms with Crippen molar-refractivity contribution in [1.29, 1.82) is 0 Å². The van der Waals surface area contributed by atoms with Gasteiger partial charge in [0.2, 0.25) is 5.96 Å². The van der Waals surface area contributed by atoms with E-state index in [0.717, 1.165) is 16.9 Å². The Morgan fingerprint density at radius 2 is 2.17 bits per heavy atom. The van der Waals surface area contributed by atoms with Crippen LogP contribution < -0.4 is 16.2 Å². The molecule has 98 valence electrons. The van der Waals surface area contributed by atoms with E-state index in [4.69, 9.17) is 20.9 Å². The number of nitrogens with zero attached hydrogens (tertiary/aromatic N) is 2. The van der Waals surface area contributed by atoms with E-state index in [1.54, 1.807) is 13.3 Å². The summed E-state index contributed by atoms with van der Waals surface area (Å²) in [5, 5.41) is 7.28. The fraction of sp³-hybridized carbons (Fsp3) is 0.333. The van der Waals surface area contributed by atoms with Crippen molar-refractivity contribution in [2.45, 2.75) is 13.5 Å². The molecule has 0 amide bonds. The van der Waals surface area contributed by atoms with Crippen LogP contribution in [0.2, 0.25) is 0 Å². The van der Waals surface area contributed by atoms with E-state index in [1.165, 1.54) is 0 Å².